The lowest BCUT2D eigenvalue weighted by molar-refractivity contribution is 0.113. The molecule has 1 saturated heterocycles. The Labute approximate surface area is 163 Å². The van der Waals surface area contributed by atoms with Crippen LogP contribution in [0.5, 0.6) is 0 Å². The molecule has 1 saturated carbocycles. The Morgan fingerprint density at radius 2 is 2.07 bits per heavy atom. The summed E-state index contributed by atoms with van der Waals surface area (Å²) in [6.45, 7) is 9.11. The minimum atomic E-state index is -0.107. The lowest BCUT2D eigenvalue weighted by Crippen LogP contribution is -2.48. The van der Waals surface area contributed by atoms with Crippen molar-refractivity contribution in [2.75, 3.05) is 44.8 Å². The normalized spacial score (nSPS) is 25.6. The molecule has 4 rings (SSSR count). The van der Waals surface area contributed by atoms with E-state index >= 15 is 0 Å². The van der Waals surface area contributed by atoms with Gasteiger partial charge in [0.05, 0.1) is 6.61 Å². The molecule has 2 heterocycles. The predicted molar refractivity (Wildman–Crippen MR) is 109 cm³/mol. The van der Waals surface area contributed by atoms with E-state index in [0.29, 0.717) is 12.6 Å². The molecule has 0 bridgehead atoms. The fourth-order valence-corrected chi connectivity index (χ4v) is 5.49. The average molecular weight is 373 g/mol. The Hall–Kier alpha value is -1.39. The van der Waals surface area contributed by atoms with Crippen molar-refractivity contribution in [3.8, 4) is 0 Å². The maximum absolute atomic E-state index is 14.1. The molecule has 1 atom stereocenters. The van der Waals surface area contributed by atoms with E-state index in [1.807, 2.05) is 6.07 Å². The molecular weight excluding hydrogens is 339 g/mol. The van der Waals surface area contributed by atoms with Crippen molar-refractivity contribution in [3.05, 3.63) is 41.7 Å². The van der Waals surface area contributed by atoms with Gasteiger partial charge in [0.25, 0.3) is 0 Å². The van der Waals surface area contributed by atoms with Crippen molar-refractivity contribution in [1.82, 2.24) is 4.90 Å². The predicted octanol–water partition coefficient (Wildman–Crippen LogP) is 4.51. The standard InChI is InChI=1S/C23H33FN2O/c1-18-5-3-4-6-20(15-18)25-11-9-23(10-12-25)17-26(13-14-27-2)22-8-7-19(24)16-21(22)23/h7-8,16,20H,1,3-6,9-15,17H2,2H3. The van der Waals surface area contributed by atoms with Crippen LogP contribution in [0, 0.1) is 5.82 Å². The van der Waals surface area contributed by atoms with Crippen LogP contribution in [-0.4, -0.2) is 50.8 Å². The van der Waals surface area contributed by atoms with Crippen LogP contribution in [0.2, 0.25) is 0 Å². The van der Waals surface area contributed by atoms with Gasteiger partial charge < -0.3 is 14.5 Å². The maximum Gasteiger partial charge on any atom is 0.123 e. The highest BCUT2D eigenvalue weighted by Crippen LogP contribution is 2.47. The fraction of sp³-hybridized carbons (Fsp3) is 0.652. The Kier molecular flexibility index (Phi) is 5.56. The van der Waals surface area contributed by atoms with Gasteiger partial charge in [-0.15, -0.1) is 0 Å². The molecule has 2 aliphatic heterocycles. The summed E-state index contributed by atoms with van der Waals surface area (Å²) in [7, 11) is 1.75. The second kappa shape index (κ2) is 7.92. The molecule has 3 nitrogen and oxygen atoms in total. The van der Waals surface area contributed by atoms with Crippen LogP contribution in [0.25, 0.3) is 0 Å². The molecule has 1 aliphatic carbocycles. The maximum atomic E-state index is 14.1. The number of methoxy groups -OCH3 is 1. The van der Waals surface area contributed by atoms with Crippen molar-refractivity contribution in [3.63, 3.8) is 0 Å². The first kappa shape index (κ1) is 18.9. The van der Waals surface area contributed by atoms with Crippen LogP contribution < -0.4 is 4.90 Å². The molecule has 0 N–H and O–H groups in total. The van der Waals surface area contributed by atoms with Gasteiger partial charge >= 0.3 is 0 Å². The molecule has 4 heteroatoms. The highest BCUT2D eigenvalue weighted by Gasteiger charge is 2.45. The van der Waals surface area contributed by atoms with Gasteiger partial charge in [0.2, 0.25) is 0 Å². The number of likely N-dealkylation sites (tertiary alicyclic amines) is 1. The van der Waals surface area contributed by atoms with Gasteiger partial charge in [-0.3, -0.25) is 0 Å². The Balaban J connectivity index is 1.50. The Bertz CT molecular complexity index is 681. The zero-order chi connectivity index (χ0) is 18.9. The van der Waals surface area contributed by atoms with Gasteiger partial charge in [-0.2, -0.15) is 0 Å². The second-order valence-corrected chi connectivity index (χ2v) is 8.75. The third-order valence-corrected chi connectivity index (χ3v) is 7.04. The topological polar surface area (TPSA) is 15.7 Å². The molecule has 0 aromatic heterocycles. The first-order valence-corrected chi connectivity index (χ1v) is 10.6. The average Bonchev–Trinajstić information content (AvgIpc) is 2.80. The summed E-state index contributed by atoms with van der Waals surface area (Å²) in [5.41, 5.74) is 3.97. The van der Waals surface area contributed by atoms with Gasteiger partial charge in [0.1, 0.15) is 5.82 Å². The van der Waals surface area contributed by atoms with E-state index < -0.39 is 0 Å². The van der Waals surface area contributed by atoms with E-state index in [0.717, 1.165) is 45.4 Å². The van der Waals surface area contributed by atoms with Crippen molar-refractivity contribution in [1.29, 1.82) is 0 Å². The second-order valence-electron chi connectivity index (χ2n) is 8.75. The number of benzene rings is 1. The molecule has 27 heavy (non-hydrogen) atoms. The summed E-state index contributed by atoms with van der Waals surface area (Å²) in [6, 6.07) is 6.03. The number of piperidine rings is 1. The molecule has 0 radical (unpaired) electrons. The van der Waals surface area contributed by atoms with E-state index in [1.54, 1.807) is 19.2 Å². The zero-order valence-corrected chi connectivity index (χ0v) is 16.7. The first-order valence-electron chi connectivity index (χ1n) is 10.6. The van der Waals surface area contributed by atoms with E-state index in [2.05, 4.69) is 16.4 Å². The van der Waals surface area contributed by atoms with Crippen molar-refractivity contribution < 1.29 is 9.13 Å². The molecule has 148 valence electrons. The minimum absolute atomic E-state index is 0.101. The largest absolute Gasteiger partial charge is 0.383 e. The highest BCUT2D eigenvalue weighted by molar-refractivity contribution is 5.63. The first-order chi connectivity index (χ1) is 13.1. The molecule has 1 unspecified atom stereocenters. The zero-order valence-electron chi connectivity index (χ0n) is 16.7. The number of halogens is 1. The summed E-state index contributed by atoms with van der Waals surface area (Å²) < 4.78 is 19.4. The van der Waals surface area contributed by atoms with Crippen LogP contribution >= 0.6 is 0 Å². The van der Waals surface area contributed by atoms with Crippen LogP contribution in [0.3, 0.4) is 0 Å². The Morgan fingerprint density at radius 1 is 1.26 bits per heavy atom. The van der Waals surface area contributed by atoms with Crippen molar-refractivity contribution >= 4 is 5.69 Å². The molecular formula is C23H33FN2O. The number of hydrogen-bond donors (Lipinski definition) is 0. The third-order valence-electron chi connectivity index (χ3n) is 7.04. The minimum Gasteiger partial charge on any atom is -0.383 e. The quantitative estimate of drug-likeness (QED) is 0.571. The monoisotopic (exact) mass is 372 g/mol. The molecule has 1 aromatic carbocycles. The van der Waals surface area contributed by atoms with Crippen LogP contribution in [0.1, 0.15) is 50.5 Å². The van der Waals surface area contributed by atoms with Gasteiger partial charge in [0.15, 0.2) is 0 Å². The van der Waals surface area contributed by atoms with Gasteiger partial charge in [-0.25, -0.2) is 4.39 Å². The summed E-state index contributed by atoms with van der Waals surface area (Å²) in [6.07, 6.45) is 8.54. The van der Waals surface area contributed by atoms with Gasteiger partial charge in [0, 0.05) is 37.3 Å². The molecule has 0 amide bonds. The number of rotatable bonds is 4. The number of hydrogen-bond acceptors (Lipinski definition) is 3. The number of nitrogens with zero attached hydrogens (tertiary/aromatic N) is 2. The van der Waals surface area contributed by atoms with Gasteiger partial charge in [-0.05, 0) is 75.4 Å². The SMILES string of the molecule is C=C1CCCCC(N2CCC3(CC2)CN(CCOC)c2ccc(F)cc23)C1. The molecule has 1 spiro atoms. The summed E-state index contributed by atoms with van der Waals surface area (Å²) in [5, 5.41) is 0. The van der Waals surface area contributed by atoms with E-state index in [1.165, 1.54) is 42.5 Å². The fourth-order valence-electron chi connectivity index (χ4n) is 5.49. The summed E-state index contributed by atoms with van der Waals surface area (Å²) in [5.74, 6) is -0.107. The molecule has 1 aromatic rings. The van der Waals surface area contributed by atoms with Gasteiger partial charge in [-0.1, -0.05) is 18.6 Å². The number of fused-ring (bicyclic) bond motifs is 2. The summed E-state index contributed by atoms with van der Waals surface area (Å²) in [4.78, 5) is 5.10. The molecule has 3 aliphatic rings. The molecule has 2 fully saturated rings. The smallest absolute Gasteiger partial charge is 0.123 e. The van der Waals surface area contributed by atoms with Crippen molar-refractivity contribution in [2.45, 2.75) is 56.4 Å². The van der Waals surface area contributed by atoms with Crippen LogP contribution in [0.15, 0.2) is 30.4 Å². The van der Waals surface area contributed by atoms with Crippen LogP contribution in [-0.2, 0) is 10.2 Å². The highest BCUT2D eigenvalue weighted by atomic mass is 19.1. The van der Waals surface area contributed by atoms with E-state index in [9.17, 15) is 4.39 Å². The lowest BCUT2D eigenvalue weighted by Gasteiger charge is -2.43. The van der Waals surface area contributed by atoms with Crippen molar-refractivity contribution in [2.24, 2.45) is 0 Å². The van der Waals surface area contributed by atoms with E-state index in [-0.39, 0.29) is 11.2 Å². The number of anilines is 1. The lowest BCUT2D eigenvalue weighted by atomic mass is 9.74. The summed E-state index contributed by atoms with van der Waals surface area (Å²) >= 11 is 0. The van der Waals surface area contributed by atoms with Crippen LogP contribution in [0.4, 0.5) is 10.1 Å². The third kappa shape index (κ3) is 3.79. The van der Waals surface area contributed by atoms with E-state index in [4.69, 9.17) is 4.74 Å². The number of ether oxygens (including phenoxy) is 1. The Morgan fingerprint density at radius 3 is 2.85 bits per heavy atom.